The number of amides is 3. The number of rotatable bonds is 13. The average molecular weight is 859 g/mol. The van der Waals surface area contributed by atoms with E-state index in [1.165, 1.54) is 14.2 Å². The van der Waals surface area contributed by atoms with E-state index >= 15 is 0 Å². The summed E-state index contributed by atoms with van der Waals surface area (Å²) in [5, 5.41) is 18.2. The molecule has 4 heterocycles. The Kier molecular flexibility index (Phi) is 12.7. The number of halogens is 1. The van der Waals surface area contributed by atoms with Crippen molar-refractivity contribution in [3.05, 3.63) is 120 Å². The number of imidazole rings is 2. The lowest BCUT2D eigenvalue weighted by atomic mass is 9.98. The molecule has 0 aliphatic carbocycles. The maximum Gasteiger partial charge on any atom is 0.407 e. The molecular formula is C47H51ClN8O6. The van der Waals surface area contributed by atoms with Gasteiger partial charge in [-0.2, -0.15) is 0 Å². The highest BCUT2D eigenvalue weighted by atomic mass is 35.5. The van der Waals surface area contributed by atoms with Gasteiger partial charge < -0.3 is 39.7 Å². The molecule has 4 aromatic carbocycles. The Balaban J connectivity index is 0.945. The number of aliphatic hydroxyl groups excluding tert-OH is 1. The van der Waals surface area contributed by atoms with Crippen molar-refractivity contribution in [2.75, 3.05) is 27.3 Å². The van der Waals surface area contributed by atoms with Crippen LogP contribution < -0.4 is 10.6 Å². The van der Waals surface area contributed by atoms with E-state index in [1.807, 2.05) is 24.9 Å². The molecule has 0 bridgehead atoms. The van der Waals surface area contributed by atoms with Crippen LogP contribution in [0.5, 0.6) is 0 Å². The third-order valence-corrected chi connectivity index (χ3v) is 12.3. The Morgan fingerprint density at radius 2 is 1.31 bits per heavy atom. The van der Waals surface area contributed by atoms with Gasteiger partial charge in [-0.1, -0.05) is 92.2 Å². The Morgan fingerprint density at radius 1 is 0.758 bits per heavy atom. The lowest BCUT2D eigenvalue weighted by Gasteiger charge is -2.31. The minimum absolute atomic E-state index is 0.0503. The van der Waals surface area contributed by atoms with Crippen molar-refractivity contribution in [2.24, 2.45) is 5.92 Å². The number of ether oxygens (including phenoxy) is 2. The molecule has 14 nitrogen and oxygen atoms in total. The number of H-pyrrole nitrogens is 2. The molecule has 2 aromatic heterocycles. The van der Waals surface area contributed by atoms with Gasteiger partial charge in [-0.25, -0.2) is 14.8 Å². The second kappa shape index (κ2) is 18.5. The lowest BCUT2D eigenvalue weighted by molar-refractivity contribution is -0.145. The number of hydrogen-bond acceptors (Lipinski definition) is 9. The van der Waals surface area contributed by atoms with Crippen molar-refractivity contribution in [3.63, 3.8) is 0 Å². The third kappa shape index (κ3) is 8.82. The van der Waals surface area contributed by atoms with Gasteiger partial charge in [0.25, 0.3) is 5.91 Å². The molecule has 2 aliphatic heterocycles. The van der Waals surface area contributed by atoms with Gasteiger partial charge in [0, 0.05) is 36.3 Å². The van der Waals surface area contributed by atoms with E-state index in [0.717, 1.165) is 75.9 Å². The highest BCUT2D eigenvalue weighted by molar-refractivity contribution is 6.31. The molecule has 3 amide bonds. The van der Waals surface area contributed by atoms with Gasteiger partial charge in [0.1, 0.15) is 17.7 Å². The molecule has 5 atom stereocenters. The van der Waals surface area contributed by atoms with Gasteiger partial charge >= 0.3 is 6.09 Å². The van der Waals surface area contributed by atoms with E-state index in [2.05, 4.69) is 81.3 Å². The summed E-state index contributed by atoms with van der Waals surface area (Å²) in [5.41, 5.74) is 6.31. The molecule has 62 heavy (non-hydrogen) atoms. The van der Waals surface area contributed by atoms with Gasteiger partial charge in [0.2, 0.25) is 12.3 Å². The largest absolute Gasteiger partial charge is 0.453 e. The van der Waals surface area contributed by atoms with Crippen LogP contribution in [0.15, 0.2) is 97.3 Å². The van der Waals surface area contributed by atoms with Crippen LogP contribution in [-0.2, 0) is 19.1 Å². The normalized spacial score (nSPS) is 18.0. The Bertz CT molecular complexity index is 2560. The van der Waals surface area contributed by atoms with Crippen LogP contribution in [0.2, 0.25) is 5.02 Å². The van der Waals surface area contributed by atoms with Gasteiger partial charge in [0.05, 0.1) is 49.0 Å². The number of nitrogens with one attached hydrogen (secondary N) is 4. The topological polar surface area (TPSA) is 178 Å². The minimum Gasteiger partial charge on any atom is -0.453 e. The molecule has 5 N–H and O–H groups in total. The maximum absolute atomic E-state index is 14.0. The van der Waals surface area contributed by atoms with Gasteiger partial charge in [-0.15, -0.1) is 0 Å². The van der Waals surface area contributed by atoms with Crippen LogP contribution in [0.3, 0.4) is 0 Å². The Hall–Kier alpha value is -6.06. The number of nitrogens with zero attached hydrogens (tertiary/aromatic N) is 4. The summed E-state index contributed by atoms with van der Waals surface area (Å²) >= 11 is 6.47. The predicted octanol–water partition coefficient (Wildman–Crippen LogP) is 7.90. The van der Waals surface area contributed by atoms with Crippen molar-refractivity contribution >= 4 is 40.3 Å². The number of alkyl carbamates (subject to hydrolysis) is 1. The fraction of sp³-hybridized carbons (Fsp3) is 0.340. The summed E-state index contributed by atoms with van der Waals surface area (Å²) in [5.74, 6) is 1.00. The molecule has 8 rings (SSSR count). The van der Waals surface area contributed by atoms with Gasteiger partial charge in [-0.05, 0) is 77.3 Å². The highest BCUT2D eigenvalue weighted by Crippen LogP contribution is 2.37. The van der Waals surface area contributed by atoms with Crippen molar-refractivity contribution < 1.29 is 29.0 Å². The molecule has 0 radical (unpaired) electrons. The number of aliphatic hydroxyl groups is 1. The molecule has 6 aromatic rings. The van der Waals surface area contributed by atoms with E-state index < -0.39 is 24.6 Å². The molecule has 0 saturated carbocycles. The van der Waals surface area contributed by atoms with Crippen molar-refractivity contribution in [1.82, 2.24) is 40.4 Å². The van der Waals surface area contributed by atoms with E-state index in [0.29, 0.717) is 29.5 Å². The monoisotopic (exact) mass is 858 g/mol. The van der Waals surface area contributed by atoms with E-state index in [-0.39, 0.29) is 29.8 Å². The summed E-state index contributed by atoms with van der Waals surface area (Å²) in [7, 11) is 2.65. The molecule has 0 spiro atoms. The fourth-order valence-corrected chi connectivity index (χ4v) is 8.89. The molecule has 2 fully saturated rings. The summed E-state index contributed by atoms with van der Waals surface area (Å²) in [6.45, 7) is 5.02. The first-order valence-corrected chi connectivity index (χ1v) is 21.3. The molecule has 15 heteroatoms. The zero-order valence-electron chi connectivity index (χ0n) is 35.1. The van der Waals surface area contributed by atoms with Crippen molar-refractivity contribution in [3.8, 4) is 33.6 Å². The van der Waals surface area contributed by atoms with Crippen LogP contribution in [0, 0.1) is 5.92 Å². The SMILES string of the molecule is COC(=O)NC(C(=O)N1CCC[C@H]1c1ncc(-c2ccc(-c3ccc4cc(-c5cnc([C@@H]6CCCN6C(=O)[C@@H](NC(O)OC)C(C)C)[nH]5)ccc4c3)cc2)[nH]1)c1ccccc1Cl. The number of carbonyl (C=O) groups excluding carboxylic acids is 3. The Morgan fingerprint density at radius 3 is 1.90 bits per heavy atom. The third-order valence-electron chi connectivity index (χ3n) is 12.0. The zero-order valence-corrected chi connectivity index (χ0v) is 35.9. The number of aromatic nitrogens is 4. The van der Waals surface area contributed by atoms with Crippen LogP contribution >= 0.6 is 11.6 Å². The van der Waals surface area contributed by atoms with Crippen LogP contribution in [0.25, 0.3) is 44.4 Å². The Labute approximate surface area is 365 Å². The molecule has 2 saturated heterocycles. The van der Waals surface area contributed by atoms with E-state index in [9.17, 15) is 19.5 Å². The number of fused-ring (bicyclic) bond motifs is 1. The predicted molar refractivity (Wildman–Crippen MR) is 236 cm³/mol. The smallest absolute Gasteiger partial charge is 0.407 e. The number of aromatic amines is 2. The minimum atomic E-state index is -1.23. The summed E-state index contributed by atoms with van der Waals surface area (Å²) < 4.78 is 9.80. The molecular weight excluding hydrogens is 808 g/mol. The second-order valence-electron chi connectivity index (χ2n) is 16.2. The number of likely N-dealkylation sites (tertiary alicyclic amines) is 2. The number of carbonyl (C=O) groups is 3. The first kappa shape index (κ1) is 42.6. The molecule has 322 valence electrons. The van der Waals surface area contributed by atoms with Crippen LogP contribution in [0.1, 0.15) is 74.9 Å². The highest BCUT2D eigenvalue weighted by Gasteiger charge is 2.39. The quantitative estimate of drug-likeness (QED) is 0.0723. The average Bonchev–Trinajstić information content (AvgIpc) is 4.14. The van der Waals surface area contributed by atoms with Crippen molar-refractivity contribution in [1.29, 1.82) is 0 Å². The summed E-state index contributed by atoms with van der Waals surface area (Å²) in [6, 6.07) is 25.9. The fourth-order valence-electron chi connectivity index (χ4n) is 8.64. The summed E-state index contributed by atoms with van der Waals surface area (Å²) in [6.07, 6.45) is 4.84. The first-order valence-electron chi connectivity index (χ1n) is 20.9. The van der Waals surface area contributed by atoms with Crippen LogP contribution in [0.4, 0.5) is 4.79 Å². The van der Waals surface area contributed by atoms with Crippen LogP contribution in [-0.4, -0.2) is 92.5 Å². The van der Waals surface area contributed by atoms with E-state index in [1.54, 1.807) is 35.4 Å². The second-order valence-corrected chi connectivity index (χ2v) is 16.6. The standard InChI is InChI=1S/C47H51ClN8O6/c1-27(2)40(53-46(59)61-3)44(57)55-21-7-11-38(55)43-50-26-37(52-43)33-20-19-31-23-30(17-18-32(31)24-33)28-13-15-29(16-14-28)36-25-49-42(51-36)39-12-8-22-56(39)45(58)41(54-47(60)62-4)34-9-5-6-10-35(34)48/h5-6,9-10,13-20,23-27,38-41,46,53,59H,7-8,11-12,21-22H2,1-4H3,(H,49,51)(H,50,52)(H,54,60)/t38-,39-,40-,41?,46?/m0/s1. The van der Waals surface area contributed by atoms with Gasteiger partial charge in [-0.3, -0.25) is 14.9 Å². The molecule has 2 aliphatic rings. The first-order chi connectivity index (χ1) is 30.0. The number of methoxy groups -OCH3 is 2. The zero-order chi connectivity index (χ0) is 43.5. The maximum atomic E-state index is 14.0. The summed E-state index contributed by atoms with van der Waals surface area (Å²) in [4.78, 5) is 59.9. The number of hydrogen-bond donors (Lipinski definition) is 5. The van der Waals surface area contributed by atoms with Crippen molar-refractivity contribution in [2.45, 2.75) is 70.1 Å². The van der Waals surface area contributed by atoms with Gasteiger partial charge in [0.15, 0.2) is 0 Å². The number of benzene rings is 4. The molecule has 2 unspecified atom stereocenters. The lowest BCUT2D eigenvalue weighted by Crippen LogP contribution is -2.52. The van der Waals surface area contributed by atoms with E-state index in [4.69, 9.17) is 31.0 Å².